The fourth-order valence-electron chi connectivity index (χ4n) is 1.48. The Kier molecular flexibility index (Phi) is 7.23. The Morgan fingerprint density at radius 1 is 1.23 bits per heavy atom. The van der Waals surface area contributed by atoms with Crippen LogP contribution in [0.4, 0.5) is 5.69 Å². The average Bonchev–Trinajstić information content (AvgIpc) is 2.50. The highest BCUT2D eigenvalue weighted by Gasteiger charge is 2.05. The molecular weight excluding hydrogens is 418 g/mol. The van der Waals surface area contributed by atoms with Gasteiger partial charge < -0.3 is 15.9 Å². The number of carbonyl (C=O) groups excluding carboxylic acids is 2. The predicted octanol–water partition coefficient (Wildman–Crippen LogP) is 3.17. The van der Waals surface area contributed by atoms with Gasteiger partial charge in [0.1, 0.15) is 12.4 Å². The van der Waals surface area contributed by atoms with E-state index in [-0.39, 0.29) is 17.1 Å². The molecule has 0 aromatic heterocycles. The van der Waals surface area contributed by atoms with E-state index in [2.05, 4.69) is 31.9 Å². The molecule has 7 heteroatoms. The number of phenolic OH excluding ortho intramolecular Hbond substituents is 1. The van der Waals surface area contributed by atoms with Crippen LogP contribution in [-0.2, 0) is 0 Å². The minimum absolute atomic E-state index is 0.0248. The first kappa shape index (κ1) is 18.3. The van der Waals surface area contributed by atoms with Crippen molar-refractivity contribution in [2.45, 2.75) is 0 Å². The number of halogens is 2. The number of rotatable bonds is 3. The Morgan fingerprint density at radius 3 is 2.45 bits per heavy atom. The Morgan fingerprint density at radius 2 is 1.91 bits per heavy atom. The second-order valence-electron chi connectivity index (χ2n) is 4.15. The quantitative estimate of drug-likeness (QED) is 0.394. The molecule has 0 saturated carbocycles. The van der Waals surface area contributed by atoms with Crippen LogP contribution in [-0.4, -0.2) is 28.9 Å². The van der Waals surface area contributed by atoms with Crippen LogP contribution >= 0.6 is 31.9 Å². The van der Waals surface area contributed by atoms with Crippen molar-refractivity contribution in [1.82, 2.24) is 0 Å². The van der Waals surface area contributed by atoms with Gasteiger partial charge in [-0.15, -0.1) is 0 Å². The molecule has 0 bridgehead atoms. The fraction of sp³-hybridized carbons (Fsp3) is 0.0667. The first-order valence-corrected chi connectivity index (χ1v) is 7.60. The van der Waals surface area contributed by atoms with E-state index >= 15 is 0 Å². The maximum atomic E-state index is 10.9. The minimum Gasteiger partial charge on any atom is -0.506 e. The number of aldehydes is 1. The molecule has 0 spiro atoms. The smallest absolute Gasteiger partial charge is 0.188 e. The third kappa shape index (κ3) is 5.25. The maximum Gasteiger partial charge on any atom is 0.188 e. The van der Waals surface area contributed by atoms with Crippen LogP contribution in [0.1, 0.15) is 20.7 Å². The summed E-state index contributed by atoms with van der Waals surface area (Å²) in [6, 6.07) is 9.75. The number of hydrogen-bond acceptors (Lipinski definition) is 5. The lowest BCUT2D eigenvalue weighted by Gasteiger charge is -1.99. The van der Waals surface area contributed by atoms with Gasteiger partial charge in [0, 0.05) is 15.7 Å². The summed E-state index contributed by atoms with van der Waals surface area (Å²) in [5.41, 5.74) is 6.67. The molecule has 0 aliphatic heterocycles. The lowest BCUT2D eigenvalue weighted by atomic mass is 10.1. The van der Waals surface area contributed by atoms with Crippen molar-refractivity contribution in [2.24, 2.45) is 0 Å². The van der Waals surface area contributed by atoms with E-state index < -0.39 is 6.61 Å². The molecule has 0 aliphatic rings. The molecule has 5 nitrogen and oxygen atoms in total. The summed E-state index contributed by atoms with van der Waals surface area (Å²) in [5.74, 6) is -0.333. The normalized spacial score (nSPS) is 9.59. The molecule has 0 heterocycles. The molecule has 0 amide bonds. The summed E-state index contributed by atoms with van der Waals surface area (Å²) in [5, 5.41) is 17.7. The van der Waals surface area contributed by atoms with Crippen molar-refractivity contribution in [3.8, 4) is 5.75 Å². The molecule has 0 saturated heterocycles. The molecule has 0 aliphatic carbocycles. The molecule has 2 aromatic rings. The molecule has 0 fully saturated rings. The first-order chi connectivity index (χ1) is 10.4. The molecule has 0 radical (unpaired) electrons. The number of anilines is 1. The van der Waals surface area contributed by atoms with Gasteiger partial charge in [0.15, 0.2) is 12.1 Å². The number of hydrogen-bond donors (Lipinski definition) is 3. The van der Waals surface area contributed by atoms with Crippen molar-refractivity contribution in [3.63, 3.8) is 0 Å². The van der Waals surface area contributed by atoms with Crippen LogP contribution in [0.15, 0.2) is 45.3 Å². The average molecular weight is 431 g/mol. The second-order valence-corrected chi connectivity index (χ2v) is 5.92. The van der Waals surface area contributed by atoms with E-state index in [1.54, 1.807) is 36.4 Å². The van der Waals surface area contributed by atoms with Gasteiger partial charge in [-0.1, -0.05) is 28.1 Å². The number of ketones is 1. The van der Waals surface area contributed by atoms with Crippen LogP contribution in [0.3, 0.4) is 0 Å². The number of nitrogen functional groups attached to an aromatic ring is 1. The molecule has 2 rings (SSSR count). The molecule has 0 unspecified atom stereocenters. The standard InChI is InChI=1S/C8H9NO2.C7H4Br2O2/c9-7-3-1-2-6(4-7)8(11)5-10;8-5-1-4(3-10)7(11)6(9)2-5/h1-4,10H,5,9H2;1-3,11H. The monoisotopic (exact) mass is 429 g/mol. The van der Waals surface area contributed by atoms with Gasteiger partial charge in [0.25, 0.3) is 0 Å². The summed E-state index contributed by atoms with van der Waals surface area (Å²) in [6.07, 6.45) is 0.602. The third-order valence-electron chi connectivity index (χ3n) is 2.54. The maximum absolute atomic E-state index is 10.9. The van der Waals surface area contributed by atoms with Gasteiger partial charge in [-0.3, -0.25) is 9.59 Å². The second kappa shape index (κ2) is 8.67. The number of carbonyl (C=O) groups is 2. The number of aliphatic hydroxyl groups excluding tert-OH is 1. The summed E-state index contributed by atoms with van der Waals surface area (Å²) in [6.45, 7) is -0.469. The lowest BCUT2D eigenvalue weighted by Crippen LogP contribution is -2.04. The Labute approximate surface area is 144 Å². The molecular formula is C15H13Br2NO4. The topological polar surface area (TPSA) is 101 Å². The van der Waals surface area contributed by atoms with E-state index in [9.17, 15) is 14.7 Å². The SMILES string of the molecule is Nc1cccc(C(=O)CO)c1.O=Cc1cc(Br)cc(Br)c1O. The van der Waals surface area contributed by atoms with Gasteiger partial charge in [-0.2, -0.15) is 0 Å². The predicted molar refractivity (Wildman–Crippen MR) is 91.2 cm³/mol. The van der Waals surface area contributed by atoms with Crippen molar-refractivity contribution < 1.29 is 19.8 Å². The van der Waals surface area contributed by atoms with Crippen LogP contribution in [0.2, 0.25) is 0 Å². The van der Waals surface area contributed by atoms with Crippen LogP contribution in [0.25, 0.3) is 0 Å². The van der Waals surface area contributed by atoms with E-state index in [0.717, 1.165) is 4.47 Å². The largest absolute Gasteiger partial charge is 0.506 e. The highest BCUT2D eigenvalue weighted by Crippen LogP contribution is 2.30. The Hall–Kier alpha value is -1.70. The van der Waals surface area contributed by atoms with Gasteiger partial charge in [0.2, 0.25) is 0 Å². The van der Waals surface area contributed by atoms with E-state index in [1.165, 1.54) is 0 Å². The number of aromatic hydroxyl groups is 1. The highest BCUT2D eigenvalue weighted by molar-refractivity contribution is 9.11. The number of nitrogens with two attached hydrogens (primary N) is 1. The van der Waals surface area contributed by atoms with Crippen molar-refractivity contribution in [1.29, 1.82) is 0 Å². The highest BCUT2D eigenvalue weighted by atomic mass is 79.9. The molecule has 0 atom stereocenters. The van der Waals surface area contributed by atoms with Crippen molar-refractivity contribution in [2.75, 3.05) is 12.3 Å². The first-order valence-electron chi connectivity index (χ1n) is 6.01. The Bertz CT molecular complexity index is 689. The summed E-state index contributed by atoms with van der Waals surface area (Å²) in [7, 11) is 0. The number of aliphatic hydroxyl groups is 1. The van der Waals surface area contributed by atoms with Crippen molar-refractivity contribution >= 4 is 49.6 Å². The van der Waals surface area contributed by atoms with E-state index in [4.69, 9.17) is 10.8 Å². The van der Waals surface area contributed by atoms with Crippen molar-refractivity contribution in [3.05, 3.63) is 56.5 Å². The van der Waals surface area contributed by atoms with E-state index in [1.807, 2.05) is 0 Å². The van der Waals surface area contributed by atoms with Crippen LogP contribution in [0.5, 0.6) is 5.75 Å². The van der Waals surface area contributed by atoms with E-state index in [0.29, 0.717) is 22.0 Å². The lowest BCUT2D eigenvalue weighted by molar-refractivity contribution is 0.0903. The zero-order valence-electron chi connectivity index (χ0n) is 11.3. The number of benzene rings is 2. The Balaban J connectivity index is 0.000000220. The summed E-state index contributed by atoms with van der Waals surface area (Å²) in [4.78, 5) is 21.2. The summed E-state index contributed by atoms with van der Waals surface area (Å²) < 4.78 is 1.26. The zero-order valence-corrected chi connectivity index (χ0v) is 14.5. The third-order valence-corrected chi connectivity index (χ3v) is 3.60. The van der Waals surface area contributed by atoms with Gasteiger partial charge in [0.05, 0.1) is 10.0 Å². The molecule has 4 N–H and O–H groups in total. The summed E-state index contributed by atoms with van der Waals surface area (Å²) >= 11 is 6.29. The van der Waals surface area contributed by atoms with Crippen LogP contribution in [0, 0.1) is 0 Å². The minimum atomic E-state index is -0.469. The number of phenols is 1. The fourth-order valence-corrected chi connectivity index (χ4v) is 2.74. The van der Waals surface area contributed by atoms with Crippen LogP contribution < -0.4 is 5.73 Å². The molecule has 116 valence electrons. The number of Topliss-reactive ketones (excluding diaryl/α,β-unsaturated/α-hetero) is 1. The van der Waals surface area contributed by atoms with Gasteiger partial charge in [-0.25, -0.2) is 0 Å². The zero-order chi connectivity index (χ0) is 16.7. The van der Waals surface area contributed by atoms with Gasteiger partial charge in [-0.05, 0) is 40.2 Å². The van der Waals surface area contributed by atoms with Gasteiger partial charge >= 0.3 is 0 Å². The molecule has 22 heavy (non-hydrogen) atoms. The molecule has 2 aromatic carbocycles.